The second kappa shape index (κ2) is 8.98. The first-order valence-corrected chi connectivity index (χ1v) is 11.0. The van der Waals surface area contributed by atoms with E-state index in [1.54, 1.807) is 36.4 Å². The fourth-order valence-electron chi connectivity index (χ4n) is 3.14. The minimum Gasteiger partial charge on any atom is -0.489 e. The third-order valence-corrected chi connectivity index (χ3v) is 6.28. The molecule has 0 amide bonds. The summed E-state index contributed by atoms with van der Waals surface area (Å²) in [5.74, 6) is 0.672. The lowest BCUT2D eigenvalue weighted by Crippen LogP contribution is -2.03. The highest BCUT2D eigenvalue weighted by Crippen LogP contribution is 2.23. The van der Waals surface area contributed by atoms with Gasteiger partial charge in [0.25, 0.3) is 0 Å². The molecule has 0 saturated heterocycles. The molecule has 4 nitrogen and oxygen atoms in total. The van der Waals surface area contributed by atoms with Crippen molar-refractivity contribution in [2.75, 3.05) is 0 Å². The van der Waals surface area contributed by atoms with E-state index in [9.17, 15) is 13.7 Å². The summed E-state index contributed by atoms with van der Waals surface area (Å²) in [6.07, 6.45) is 1.38. The first-order valence-electron chi connectivity index (χ1n) is 9.51. The maximum Gasteiger partial charge on any atom is 0.216 e. The van der Waals surface area contributed by atoms with Crippen molar-refractivity contribution in [1.82, 2.24) is 0 Å². The van der Waals surface area contributed by atoms with Crippen LogP contribution in [0.1, 0.15) is 27.8 Å². The average Bonchev–Trinajstić information content (AvgIpc) is 2.71. The molecule has 3 aromatic rings. The van der Waals surface area contributed by atoms with Crippen molar-refractivity contribution in [3.05, 3.63) is 99.5 Å². The summed E-state index contributed by atoms with van der Waals surface area (Å²) >= 11 is 0. The van der Waals surface area contributed by atoms with Crippen LogP contribution in [0.3, 0.4) is 0 Å². The van der Waals surface area contributed by atoms with Crippen LogP contribution in [0.5, 0.6) is 5.75 Å². The van der Waals surface area contributed by atoms with Gasteiger partial charge in [0.15, 0.2) is 0 Å². The molecule has 0 unspecified atom stereocenters. The molecule has 0 aliphatic rings. The van der Waals surface area contributed by atoms with Crippen molar-refractivity contribution >= 4 is 15.9 Å². The Bertz CT molecular complexity index is 1200. The third kappa shape index (κ3) is 5.16. The number of nitrogens with zero attached hydrogens (tertiary/aromatic N) is 1. The number of hydrogen-bond acceptors (Lipinski definition) is 4. The Morgan fingerprint density at radius 2 is 1.50 bits per heavy atom. The zero-order valence-electron chi connectivity index (χ0n) is 17.2. The zero-order valence-corrected chi connectivity index (χ0v) is 18.0. The molecule has 0 spiro atoms. The maximum atomic E-state index is 12.7. The van der Waals surface area contributed by atoms with Crippen molar-refractivity contribution in [2.24, 2.45) is 0 Å². The van der Waals surface area contributed by atoms with Crippen LogP contribution in [-0.2, 0) is 16.4 Å². The van der Waals surface area contributed by atoms with Crippen LogP contribution < -0.4 is 4.74 Å². The molecule has 0 atom stereocenters. The molecule has 5 heteroatoms. The molecule has 0 saturated carbocycles. The molecule has 0 radical (unpaired) electrons. The number of allylic oxidation sites excluding steroid dienone is 1. The van der Waals surface area contributed by atoms with Crippen molar-refractivity contribution in [1.29, 1.82) is 5.26 Å². The van der Waals surface area contributed by atoms with Gasteiger partial charge in [0, 0.05) is 0 Å². The highest BCUT2D eigenvalue weighted by Gasteiger charge is 2.20. The molecular formula is C25H23NO3S. The minimum absolute atomic E-state index is 0.106. The number of aryl methyl sites for hydroxylation is 3. The lowest BCUT2D eigenvalue weighted by molar-refractivity contribution is 0.306. The second-order valence-corrected chi connectivity index (χ2v) is 9.21. The largest absolute Gasteiger partial charge is 0.489 e. The molecule has 3 rings (SSSR count). The Morgan fingerprint density at radius 1 is 0.900 bits per heavy atom. The summed E-state index contributed by atoms with van der Waals surface area (Å²) in [5, 5.41) is 9.43. The maximum absolute atomic E-state index is 12.7. The summed E-state index contributed by atoms with van der Waals surface area (Å²) in [4.78, 5) is -0.190. The van der Waals surface area contributed by atoms with E-state index >= 15 is 0 Å². The van der Waals surface area contributed by atoms with Gasteiger partial charge in [-0.1, -0.05) is 59.2 Å². The molecule has 0 N–H and O–H groups in total. The third-order valence-electron chi connectivity index (χ3n) is 4.60. The van der Waals surface area contributed by atoms with Gasteiger partial charge in [0.1, 0.15) is 23.3 Å². The molecule has 0 aliphatic carbocycles. The molecule has 0 aromatic heterocycles. The summed E-state index contributed by atoms with van der Waals surface area (Å²) < 4.78 is 31.3. The smallest absolute Gasteiger partial charge is 0.216 e. The molecule has 3 aromatic carbocycles. The highest BCUT2D eigenvalue weighted by molar-refractivity contribution is 7.95. The fourth-order valence-corrected chi connectivity index (χ4v) is 4.30. The zero-order chi connectivity index (χ0) is 21.7. The van der Waals surface area contributed by atoms with Crippen LogP contribution in [0.4, 0.5) is 0 Å². The fraction of sp³-hybridized carbons (Fsp3) is 0.160. The number of benzene rings is 3. The van der Waals surface area contributed by atoms with Crippen LogP contribution in [-0.4, -0.2) is 8.42 Å². The van der Waals surface area contributed by atoms with Crippen LogP contribution in [0.15, 0.2) is 76.5 Å². The predicted molar refractivity (Wildman–Crippen MR) is 119 cm³/mol. The topological polar surface area (TPSA) is 67.2 Å². The van der Waals surface area contributed by atoms with Gasteiger partial charge in [-0.25, -0.2) is 8.42 Å². The molecule has 152 valence electrons. The normalized spacial score (nSPS) is 11.7. The van der Waals surface area contributed by atoms with Gasteiger partial charge >= 0.3 is 0 Å². The molecule has 0 heterocycles. The quantitative estimate of drug-likeness (QED) is 0.495. The lowest BCUT2D eigenvalue weighted by atomic mass is 10.1. The molecule has 0 aliphatic heterocycles. The molecular weight excluding hydrogens is 394 g/mol. The standard InChI is InChI=1S/C25H23NO3S/c1-18-4-10-24(11-5-18)30(27,28)25(16-26)15-21-6-8-23(9-7-21)29-17-22-13-19(2)12-20(3)14-22/h4-15H,17H2,1-3H3. The van der Waals surface area contributed by atoms with Gasteiger partial charge in [-0.2, -0.15) is 5.26 Å². The molecule has 0 bridgehead atoms. The molecule has 30 heavy (non-hydrogen) atoms. The van der Waals surface area contributed by atoms with E-state index in [-0.39, 0.29) is 9.80 Å². The average molecular weight is 418 g/mol. The Hall–Kier alpha value is -3.36. The van der Waals surface area contributed by atoms with Crippen molar-refractivity contribution in [2.45, 2.75) is 32.3 Å². The Kier molecular flexibility index (Phi) is 6.39. The Balaban J connectivity index is 1.76. The number of ether oxygens (including phenoxy) is 1. The van der Waals surface area contributed by atoms with Crippen LogP contribution in [0.2, 0.25) is 0 Å². The van der Waals surface area contributed by atoms with Gasteiger partial charge in [0.05, 0.1) is 4.90 Å². The van der Waals surface area contributed by atoms with Crippen molar-refractivity contribution in [3.8, 4) is 11.8 Å². The van der Waals surface area contributed by atoms with Crippen molar-refractivity contribution < 1.29 is 13.2 Å². The van der Waals surface area contributed by atoms with E-state index in [1.165, 1.54) is 29.3 Å². The van der Waals surface area contributed by atoms with E-state index in [2.05, 4.69) is 32.0 Å². The predicted octanol–water partition coefficient (Wildman–Crippen LogP) is 5.53. The number of hydrogen-bond donors (Lipinski definition) is 0. The van der Waals surface area contributed by atoms with E-state index < -0.39 is 9.84 Å². The van der Waals surface area contributed by atoms with Gasteiger partial charge in [0.2, 0.25) is 9.84 Å². The lowest BCUT2D eigenvalue weighted by Gasteiger charge is -2.09. The van der Waals surface area contributed by atoms with Crippen molar-refractivity contribution in [3.63, 3.8) is 0 Å². The second-order valence-electron chi connectivity index (χ2n) is 7.29. The summed E-state index contributed by atoms with van der Waals surface area (Å²) in [5.41, 5.74) is 5.03. The van der Waals surface area contributed by atoms with Crippen LogP contribution in [0, 0.1) is 32.1 Å². The van der Waals surface area contributed by atoms with E-state index in [0.29, 0.717) is 17.9 Å². The first-order chi connectivity index (χ1) is 14.3. The summed E-state index contributed by atoms with van der Waals surface area (Å²) in [6, 6.07) is 21.5. The first kappa shape index (κ1) is 21.4. The van der Waals surface area contributed by atoms with Gasteiger partial charge in [-0.3, -0.25) is 0 Å². The monoisotopic (exact) mass is 417 g/mol. The van der Waals surface area contributed by atoms with E-state index in [0.717, 1.165) is 11.1 Å². The van der Waals surface area contributed by atoms with Crippen LogP contribution in [0.25, 0.3) is 6.08 Å². The summed E-state index contributed by atoms with van der Waals surface area (Å²) in [7, 11) is -3.86. The van der Waals surface area contributed by atoms with Gasteiger partial charge in [-0.15, -0.1) is 0 Å². The summed E-state index contributed by atoms with van der Waals surface area (Å²) in [6.45, 7) is 6.42. The van der Waals surface area contributed by atoms with Gasteiger partial charge in [-0.05, 0) is 62.2 Å². The van der Waals surface area contributed by atoms with Crippen LogP contribution >= 0.6 is 0 Å². The highest BCUT2D eigenvalue weighted by atomic mass is 32.2. The minimum atomic E-state index is -3.86. The Labute approximate surface area is 178 Å². The molecule has 0 fully saturated rings. The number of nitriles is 1. The van der Waals surface area contributed by atoms with E-state index in [4.69, 9.17) is 4.74 Å². The number of rotatable bonds is 6. The van der Waals surface area contributed by atoms with Gasteiger partial charge < -0.3 is 4.74 Å². The SMILES string of the molecule is Cc1ccc(S(=O)(=O)C(C#N)=Cc2ccc(OCc3cc(C)cc(C)c3)cc2)cc1. The number of sulfone groups is 1. The Morgan fingerprint density at radius 3 is 2.07 bits per heavy atom. The van der Waals surface area contributed by atoms with E-state index in [1.807, 2.05) is 13.0 Å².